The number of anilines is 1. The maximum Gasteiger partial charge on any atom is 0.418 e. The number of halogens is 3. The largest absolute Gasteiger partial charge is 0.418 e. The van der Waals surface area contributed by atoms with E-state index in [9.17, 15) is 18.0 Å². The van der Waals surface area contributed by atoms with Gasteiger partial charge < -0.3 is 5.32 Å². The molecule has 0 aliphatic rings. The third kappa shape index (κ3) is 3.63. The van der Waals surface area contributed by atoms with E-state index in [4.69, 9.17) is 0 Å². The fraction of sp³-hybridized carbons (Fsp3) is 0.111. The lowest BCUT2D eigenvalue weighted by Gasteiger charge is -2.13. The van der Waals surface area contributed by atoms with E-state index < -0.39 is 17.6 Å². The molecule has 0 aliphatic carbocycles. The molecule has 0 spiro atoms. The van der Waals surface area contributed by atoms with Gasteiger partial charge in [0.05, 0.1) is 22.5 Å². The van der Waals surface area contributed by atoms with Gasteiger partial charge >= 0.3 is 6.18 Å². The molecule has 0 bridgehead atoms. The molecule has 0 fully saturated rings. The second kappa shape index (κ2) is 7.12. The predicted octanol–water partition coefficient (Wildman–Crippen LogP) is 4.03. The van der Waals surface area contributed by atoms with Crippen molar-refractivity contribution in [1.29, 1.82) is 0 Å². The first-order valence-electron chi connectivity index (χ1n) is 8.11. The van der Waals surface area contributed by atoms with Crippen LogP contribution in [-0.4, -0.2) is 31.2 Å². The quantitative estimate of drug-likeness (QED) is 0.521. The Hall–Kier alpha value is -3.14. The molecule has 0 aliphatic heterocycles. The van der Waals surface area contributed by atoms with Gasteiger partial charge in [0.1, 0.15) is 6.33 Å². The molecule has 10 heteroatoms. The molecule has 0 saturated heterocycles. The molecule has 2 aromatic heterocycles. The molecular formula is C18H12F3N5OS. The van der Waals surface area contributed by atoms with Crippen molar-refractivity contribution in [3.63, 3.8) is 0 Å². The number of benzene rings is 2. The fourth-order valence-electron chi connectivity index (χ4n) is 2.68. The van der Waals surface area contributed by atoms with Crippen LogP contribution in [0.15, 0.2) is 60.0 Å². The van der Waals surface area contributed by atoms with E-state index in [1.807, 2.05) is 24.3 Å². The van der Waals surface area contributed by atoms with Crippen LogP contribution in [0.25, 0.3) is 16.6 Å². The Morgan fingerprint density at radius 2 is 1.86 bits per heavy atom. The summed E-state index contributed by atoms with van der Waals surface area (Å²) < 4.78 is 40.5. The fourth-order valence-corrected chi connectivity index (χ4v) is 3.31. The Morgan fingerprint density at radius 1 is 1.11 bits per heavy atom. The second-order valence-corrected chi connectivity index (χ2v) is 6.75. The molecule has 1 amide bonds. The van der Waals surface area contributed by atoms with Crippen molar-refractivity contribution in [3.8, 4) is 0 Å². The van der Waals surface area contributed by atoms with Crippen LogP contribution < -0.4 is 5.32 Å². The summed E-state index contributed by atoms with van der Waals surface area (Å²) >= 11 is 1.03. The average molecular weight is 403 g/mol. The third-order valence-corrected chi connectivity index (χ3v) is 4.74. The summed E-state index contributed by atoms with van der Waals surface area (Å²) in [5.74, 6) is -0.711. The molecule has 0 atom stereocenters. The summed E-state index contributed by atoms with van der Waals surface area (Å²) in [6.45, 7) is 0. The van der Waals surface area contributed by atoms with Crippen molar-refractivity contribution in [2.45, 2.75) is 11.3 Å². The normalized spacial score (nSPS) is 11.8. The average Bonchev–Trinajstić information content (AvgIpc) is 3.10. The molecular weight excluding hydrogens is 391 g/mol. The minimum absolute atomic E-state index is 0.131. The monoisotopic (exact) mass is 403 g/mol. The highest BCUT2D eigenvalue weighted by Gasteiger charge is 2.33. The summed E-state index contributed by atoms with van der Waals surface area (Å²) in [5.41, 5.74) is 0.187. The molecule has 0 radical (unpaired) electrons. The zero-order chi connectivity index (χ0) is 19.7. The zero-order valence-electron chi connectivity index (χ0n) is 14.1. The van der Waals surface area contributed by atoms with Gasteiger partial charge in [-0.15, -0.1) is 5.10 Å². The number of nitrogens with zero attached hydrogens (tertiary/aromatic N) is 4. The van der Waals surface area contributed by atoms with E-state index in [2.05, 4.69) is 20.4 Å². The molecule has 4 rings (SSSR count). The SMILES string of the molecule is O=C(CSc1nc2c3ccccc3ncn2n1)Nc1ccccc1C(F)(F)F. The molecule has 142 valence electrons. The van der Waals surface area contributed by atoms with Crippen molar-refractivity contribution in [2.75, 3.05) is 11.1 Å². The van der Waals surface area contributed by atoms with Gasteiger partial charge in [-0.25, -0.2) is 14.5 Å². The van der Waals surface area contributed by atoms with Crippen LogP contribution in [0.1, 0.15) is 5.56 Å². The number of alkyl halides is 3. The molecule has 0 unspecified atom stereocenters. The van der Waals surface area contributed by atoms with E-state index in [0.717, 1.165) is 28.7 Å². The summed E-state index contributed by atoms with van der Waals surface area (Å²) in [6, 6.07) is 12.3. The number of nitrogens with one attached hydrogen (secondary N) is 1. The number of rotatable bonds is 4. The number of fused-ring (bicyclic) bond motifs is 3. The topological polar surface area (TPSA) is 72.2 Å². The molecule has 1 N–H and O–H groups in total. The van der Waals surface area contributed by atoms with E-state index in [0.29, 0.717) is 10.8 Å². The van der Waals surface area contributed by atoms with Gasteiger partial charge in [0.15, 0.2) is 5.65 Å². The highest BCUT2D eigenvalue weighted by molar-refractivity contribution is 7.99. The van der Waals surface area contributed by atoms with Crippen molar-refractivity contribution in [2.24, 2.45) is 0 Å². The predicted molar refractivity (Wildman–Crippen MR) is 99.1 cm³/mol. The third-order valence-electron chi connectivity index (χ3n) is 3.90. The highest BCUT2D eigenvalue weighted by Crippen LogP contribution is 2.34. The maximum atomic E-state index is 13.0. The summed E-state index contributed by atoms with van der Waals surface area (Å²) in [7, 11) is 0. The van der Waals surface area contributed by atoms with E-state index in [1.165, 1.54) is 29.0 Å². The van der Waals surface area contributed by atoms with Crippen molar-refractivity contribution < 1.29 is 18.0 Å². The lowest BCUT2D eigenvalue weighted by molar-refractivity contribution is -0.137. The smallest absolute Gasteiger partial charge is 0.325 e. The lowest BCUT2D eigenvalue weighted by Crippen LogP contribution is -2.18. The Bertz CT molecular complexity index is 1170. The maximum absolute atomic E-state index is 13.0. The van der Waals surface area contributed by atoms with Gasteiger partial charge in [0, 0.05) is 5.39 Å². The molecule has 28 heavy (non-hydrogen) atoms. The van der Waals surface area contributed by atoms with Gasteiger partial charge in [-0.1, -0.05) is 36.0 Å². The van der Waals surface area contributed by atoms with E-state index in [1.54, 1.807) is 0 Å². The number of para-hydroxylation sites is 2. The number of carbonyl (C=O) groups is 1. The minimum Gasteiger partial charge on any atom is -0.325 e. The van der Waals surface area contributed by atoms with Crippen LogP contribution in [0.2, 0.25) is 0 Å². The van der Waals surface area contributed by atoms with Crippen LogP contribution in [0.4, 0.5) is 18.9 Å². The van der Waals surface area contributed by atoms with Crippen molar-refractivity contribution in [1.82, 2.24) is 19.6 Å². The van der Waals surface area contributed by atoms with Crippen LogP contribution >= 0.6 is 11.8 Å². The standard InChI is InChI=1S/C18H12F3N5OS/c19-18(20,21)12-6-2-4-8-14(12)23-15(27)9-28-17-24-16-11-5-1-3-7-13(11)22-10-26(16)25-17/h1-8,10H,9H2,(H,23,27). The van der Waals surface area contributed by atoms with Crippen LogP contribution in [-0.2, 0) is 11.0 Å². The Labute approximate surface area is 160 Å². The summed E-state index contributed by atoms with van der Waals surface area (Å²) in [6.07, 6.45) is -3.03. The first-order chi connectivity index (χ1) is 13.4. The van der Waals surface area contributed by atoms with Crippen molar-refractivity contribution in [3.05, 3.63) is 60.4 Å². The van der Waals surface area contributed by atoms with Crippen LogP contribution in [0.3, 0.4) is 0 Å². The Morgan fingerprint density at radius 3 is 2.68 bits per heavy atom. The van der Waals surface area contributed by atoms with Crippen LogP contribution in [0, 0.1) is 0 Å². The Balaban J connectivity index is 1.49. The zero-order valence-corrected chi connectivity index (χ0v) is 15.0. The number of amides is 1. The minimum atomic E-state index is -4.55. The summed E-state index contributed by atoms with van der Waals surface area (Å²) in [4.78, 5) is 20.8. The highest BCUT2D eigenvalue weighted by atomic mass is 32.2. The number of hydrogen-bond acceptors (Lipinski definition) is 5. The second-order valence-electron chi connectivity index (χ2n) is 5.80. The van der Waals surface area contributed by atoms with E-state index in [-0.39, 0.29) is 11.4 Å². The molecule has 2 heterocycles. The van der Waals surface area contributed by atoms with Crippen LogP contribution in [0.5, 0.6) is 0 Å². The molecule has 0 saturated carbocycles. The molecule has 6 nitrogen and oxygen atoms in total. The van der Waals surface area contributed by atoms with Gasteiger partial charge in [0.2, 0.25) is 11.1 Å². The molecule has 2 aromatic carbocycles. The van der Waals surface area contributed by atoms with Gasteiger partial charge in [-0.3, -0.25) is 4.79 Å². The Kier molecular flexibility index (Phi) is 4.63. The number of aromatic nitrogens is 4. The van der Waals surface area contributed by atoms with Crippen molar-refractivity contribution >= 4 is 39.9 Å². The first kappa shape index (κ1) is 18.2. The molecule has 4 aromatic rings. The lowest BCUT2D eigenvalue weighted by atomic mass is 10.1. The van der Waals surface area contributed by atoms with Gasteiger partial charge in [-0.2, -0.15) is 13.2 Å². The van der Waals surface area contributed by atoms with Gasteiger partial charge in [0.25, 0.3) is 0 Å². The number of thioether (sulfide) groups is 1. The number of hydrogen-bond donors (Lipinski definition) is 1. The van der Waals surface area contributed by atoms with E-state index >= 15 is 0 Å². The summed E-state index contributed by atoms with van der Waals surface area (Å²) in [5, 5.41) is 7.68. The first-order valence-corrected chi connectivity index (χ1v) is 9.09. The van der Waals surface area contributed by atoms with Gasteiger partial charge in [-0.05, 0) is 24.3 Å². The number of carbonyl (C=O) groups excluding carboxylic acids is 1.